The minimum absolute atomic E-state index is 0.0588. The maximum absolute atomic E-state index is 12.7. The van der Waals surface area contributed by atoms with Crippen LogP contribution in [0.2, 0.25) is 10.0 Å². The van der Waals surface area contributed by atoms with Gasteiger partial charge in [-0.2, -0.15) is 13.2 Å². The minimum atomic E-state index is -4.07. The number of halogens is 5. The van der Waals surface area contributed by atoms with Crippen molar-refractivity contribution < 1.29 is 13.2 Å². The van der Waals surface area contributed by atoms with Gasteiger partial charge < -0.3 is 5.32 Å². The van der Waals surface area contributed by atoms with Crippen LogP contribution in [0.15, 0.2) is 18.2 Å². The zero-order valence-electron chi connectivity index (χ0n) is 11.5. The smallest absolute Gasteiger partial charge is 0.314 e. The number of hydrogen-bond donors (Lipinski definition) is 1. The highest BCUT2D eigenvalue weighted by Crippen LogP contribution is 2.37. The van der Waals surface area contributed by atoms with E-state index in [1.54, 1.807) is 12.1 Å². The first-order chi connectivity index (χ1) is 9.86. The second kappa shape index (κ2) is 7.21. The maximum Gasteiger partial charge on any atom is 0.391 e. The number of benzene rings is 1. The van der Waals surface area contributed by atoms with Crippen molar-refractivity contribution in [3.8, 4) is 0 Å². The maximum atomic E-state index is 12.7. The molecule has 2 rings (SSSR count). The van der Waals surface area contributed by atoms with Crippen molar-refractivity contribution >= 4 is 23.2 Å². The summed E-state index contributed by atoms with van der Waals surface area (Å²) in [5.74, 6) is -1.16. The molecule has 21 heavy (non-hydrogen) atoms. The SMILES string of the molecule is FC(F)(F)C1CCCC(NCCc2ccc(Cl)cc2Cl)C1. The van der Waals surface area contributed by atoms with Crippen molar-refractivity contribution in [1.29, 1.82) is 0 Å². The summed E-state index contributed by atoms with van der Waals surface area (Å²) < 4.78 is 38.2. The van der Waals surface area contributed by atoms with E-state index in [0.29, 0.717) is 29.4 Å². The first-order valence-electron chi connectivity index (χ1n) is 7.10. The van der Waals surface area contributed by atoms with Crippen molar-refractivity contribution in [3.05, 3.63) is 33.8 Å². The van der Waals surface area contributed by atoms with Crippen LogP contribution in [0, 0.1) is 5.92 Å². The van der Waals surface area contributed by atoms with Crippen LogP contribution in [-0.4, -0.2) is 18.8 Å². The zero-order valence-corrected chi connectivity index (χ0v) is 13.0. The predicted molar refractivity (Wildman–Crippen MR) is 80.0 cm³/mol. The second-order valence-electron chi connectivity index (χ2n) is 5.54. The van der Waals surface area contributed by atoms with Crippen LogP contribution in [0.5, 0.6) is 0 Å². The van der Waals surface area contributed by atoms with E-state index in [9.17, 15) is 13.2 Å². The van der Waals surface area contributed by atoms with Crippen molar-refractivity contribution in [2.45, 2.75) is 44.3 Å². The molecule has 1 nitrogen and oxygen atoms in total. The van der Waals surface area contributed by atoms with Gasteiger partial charge in [-0.25, -0.2) is 0 Å². The monoisotopic (exact) mass is 339 g/mol. The predicted octanol–water partition coefficient (Wildman–Crippen LogP) is 5.25. The molecule has 1 aromatic carbocycles. The molecule has 1 aromatic rings. The van der Waals surface area contributed by atoms with Crippen molar-refractivity contribution in [3.63, 3.8) is 0 Å². The second-order valence-corrected chi connectivity index (χ2v) is 6.39. The molecule has 6 heteroatoms. The third kappa shape index (κ3) is 5.04. The third-order valence-electron chi connectivity index (χ3n) is 3.98. The fourth-order valence-electron chi connectivity index (χ4n) is 2.81. The summed E-state index contributed by atoms with van der Waals surface area (Å²) in [6.07, 6.45) is -1.52. The van der Waals surface area contributed by atoms with E-state index in [-0.39, 0.29) is 18.9 Å². The Labute approximate surface area is 132 Å². The Morgan fingerprint density at radius 2 is 1.95 bits per heavy atom. The van der Waals surface area contributed by atoms with Crippen molar-refractivity contribution in [2.24, 2.45) is 5.92 Å². The summed E-state index contributed by atoms with van der Waals surface area (Å²) >= 11 is 11.9. The van der Waals surface area contributed by atoms with Crippen LogP contribution in [0.3, 0.4) is 0 Å². The van der Waals surface area contributed by atoms with Gasteiger partial charge in [-0.1, -0.05) is 35.7 Å². The van der Waals surface area contributed by atoms with E-state index in [1.165, 1.54) is 0 Å². The minimum Gasteiger partial charge on any atom is -0.314 e. The lowest BCUT2D eigenvalue weighted by molar-refractivity contribution is -0.183. The Balaban J connectivity index is 1.80. The van der Waals surface area contributed by atoms with Gasteiger partial charge in [0, 0.05) is 16.1 Å². The van der Waals surface area contributed by atoms with Gasteiger partial charge in [0.1, 0.15) is 0 Å². The van der Waals surface area contributed by atoms with Crippen molar-refractivity contribution in [2.75, 3.05) is 6.54 Å². The lowest BCUT2D eigenvalue weighted by Gasteiger charge is -2.31. The highest BCUT2D eigenvalue weighted by molar-refractivity contribution is 6.35. The van der Waals surface area contributed by atoms with Gasteiger partial charge in [-0.3, -0.25) is 0 Å². The molecule has 118 valence electrons. The van der Waals surface area contributed by atoms with E-state index in [4.69, 9.17) is 23.2 Å². The highest BCUT2D eigenvalue weighted by Gasteiger charge is 2.41. The Bertz CT molecular complexity index is 476. The number of hydrogen-bond acceptors (Lipinski definition) is 1. The molecule has 0 spiro atoms. The van der Waals surface area contributed by atoms with E-state index in [1.807, 2.05) is 6.07 Å². The van der Waals surface area contributed by atoms with E-state index in [0.717, 1.165) is 12.0 Å². The lowest BCUT2D eigenvalue weighted by Crippen LogP contribution is -2.39. The number of alkyl halides is 3. The van der Waals surface area contributed by atoms with Crippen LogP contribution in [0.1, 0.15) is 31.2 Å². The standard InChI is InChI=1S/C15H18Cl2F3N/c16-12-5-4-10(14(17)9-12)6-7-21-13-3-1-2-11(8-13)15(18,19)20/h4-5,9,11,13,21H,1-3,6-8H2. The van der Waals surface area contributed by atoms with Gasteiger partial charge in [0.2, 0.25) is 0 Å². The van der Waals surface area contributed by atoms with Crippen LogP contribution in [0.25, 0.3) is 0 Å². The summed E-state index contributed by atoms with van der Waals surface area (Å²) in [7, 11) is 0. The van der Waals surface area contributed by atoms with Gasteiger partial charge >= 0.3 is 6.18 Å². The molecular formula is C15H18Cl2F3N. The summed E-state index contributed by atoms with van der Waals surface area (Å²) in [6, 6.07) is 5.24. The average Bonchev–Trinajstić information content (AvgIpc) is 2.41. The fraction of sp³-hybridized carbons (Fsp3) is 0.600. The fourth-order valence-corrected chi connectivity index (χ4v) is 3.31. The topological polar surface area (TPSA) is 12.0 Å². The molecule has 2 atom stereocenters. The Hall–Kier alpha value is -0.450. The molecule has 0 bridgehead atoms. The quantitative estimate of drug-likeness (QED) is 0.790. The molecule has 1 saturated carbocycles. The summed E-state index contributed by atoms with van der Waals surface area (Å²) in [5.41, 5.74) is 0.955. The molecule has 0 aromatic heterocycles. The molecule has 0 heterocycles. The molecule has 1 aliphatic rings. The molecule has 1 fully saturated rings. The highest BCUT2D eigenvalue weighted by atomic mass is 35.5. The molecular weight excluding hydrogens is 322 g/mol. The number of nitrogens with one attached hydrogen (secondary N) is 1. The third-order valence-corrected chi connectivity index (χ3v) is 4.57. The van der Waals surface area contributed by atoms with E-state index < -0.39 is 12.1 Å². The van der Waals surface area contributed by atoms with Crippen LogP contribution >= 0.6 is 23.2 Å². The Morgan fingerprint density at radius 1 is 1.19 bits per heavy atom. The lowest BCUT2D eigenvalue weighted by atomic mass is 9.85. The van der Waals surface area contributed by atoms with Crippen molar-refractivity contribution in [1.82, 2.24) is 5.32 Å². The summed E-state index contributed by atoms with van der Waals surface area (Å²) in [5, 5.41) is 4.40. The normalized spacial score (nSPS) is 23.3. The Morgan fingerprint density at radius 3 is 2.62 bits per heavy atom. The van der Waals surface area contributed by atoms with Gasteiger partial charge in [-0.15, -0.1) is 0 Å². The zero-order chi connectivity index (χ0) is 15.5. The molecule has 2 unspecified atom stereocenters. The molecule has 1 aliphatic carbocycles. The molecule has 0 amide bonds. The molecule has 0 radical (unpaired) electrons. The molecule has 0 aliphatic heterocycles. The first kappa shape index (κ1) is 16.9. The van der Waals surface area contributed by atoms with E-state index >= 15 is 0 Å². The first-order valence-corrected chi connectivity index (χ1v) is 7.86. The summed E-state index contributed by atoms with van der Waals surface area (Å²) in [6.45, 7) is 0.622. The van der Waals surface area contributed by atoms with Gasteiger partial charge in [0.15, 0.2) is 0 Å². The van der Waals surface area contributed by atoms with Crippen LogP contribution < -0.4 is 5.32 Å². The average molecular weight is 340 g/mol. The van der Waals surface area contributed by atoms with Crippen LogP contribution in [-0.2, 0) is 6.42 Å². The van der Waals surface area contributed by atoms with Crippen LogP contribution in [0.4, 0.5) is 13.2 Å². The van der Waals surface area contributed by atoms with Gasteiger partial charge in [0.05, 0.1) is 5.92 Å². The molecule has 1 N–H and O–H groups in total. The van der Waals surface area contributed by atoms with Gasteiger partial charge in [0.25, 0.3) is 0 Å². The molecule has 0 saturated heterocycles. The Kier molecular flexibility index (Phi) is 5.81. The van der Waals surface area contributed by atoms with E-state index in [2.05, 4.69) is 5.32 Å². The number of rotatable bonds is 4. The largest absolute Gasteiger partial charge is 0.391 e. The summed E-state index contributed by atoms with van der Waals surface area (Å²) in [4.78, 5) is 0. The van der Waals surface area contributed by atoms with Gasteiger partial charge in [-0.05, 0) is 49.9 Å².